The van der Waals surface area contributed by atoms with Gasteiger partial charge in [0.1, 0.15) is 12.1 Å². The molecule has 0 saturated carbocycles. The van der Waals surface area contributed by atoms with E-state index in [1.165, 1.54) is 0 Å². The number of benzene rings is 2. The first kappa shape index (κ1) is 13.8. The molecule has 23 heavy (non-hydrogen) atoms. The van der Waals surface area contributed by atoms with Crippen molar-refractivity contribution in [1.82, 2.24) is 19.6 Å². The topological polar surface area (TPSA) is 64.3 Å². The Balaban J connectivity index is 1.84. The minimum Gasteiger partial charge on any atom is -0.497 e. The molecule has 2 aromatic carbocycles. The minimum atomic E-state index is 0.627. The van der Waals surface area contributed by atoms with E-state index in [1.54, 1.807) is 13.4 Å². The summed E-state index contributed by atoms with van der Waals surface area (Å²) >= 11 is 6.07. The molecule has 114 valence electrons. The minimum absolute atomic E-state index is 0.627. The Kier molecular flexibility index (Phi) is 3.24. The van der Waals surface area contributed by atoms with Crippen LogP contribution in [0.5, 0.6) is 5.75 Å². The smallest absolute Gasteiger partial charge is 0.204 e. The average molecular weight is 326 g/mol. The molecule has 0 spiro atoms. The molecular weight excluding hydrogens is 314 g/mol. The van der Waals surface area contributed by atoms with Crippen molar-refractivity contribution in [2.24, 2.45) is 0 Å². The second kappa shape index (κ2) is 5.40. The van der Waals surface area contributed by atoms with Gasteiger partial charge in [-0.25, -0.2) is 4.98 Å². The van der Waals surface area contributed by atoms with Gasteiger partial charge < -0.3 is 10.1 Å². The summed E-state index contributed by atoms with van der Waals surface area (Å²) in [5.41, 5.74) is 3.18. The van der Waals surface area contributed by atoms with Gasteiger partial charge in [-0.2, -0.15) is 0 Å². The molecule has 0 amide bonds. The van der Waals surface area contributed by atoms with E-state index in [9.17, 15) is 0 Å². The highest BCUT2D eigenvalue weighted by molar-refractivity contribution is 6.31. The van der Waals surface area contributed by atoms with E-state index in [-0.39, 0.29) is 0 Å². The van der Waals surface area contributed by atoms with Crippen LogP contribution in [0, 0.1) is 0 Å². The average Bonchev–Trinajstić information content (AvgIpc) is 3.06. The molecule has 0 aliphatic heterocycles. The maximum atomic E-state index is 6.07. The van der Waals surface area contributed by atoms with Gasteiger partial charge in [-0.05, 0) is 42.5 Å². The van der Waals surface area contributed by atoms with Crippen molar-refractivity contribution in [3.8, 4) is 5.75 Å². The van der Waals surface area contributed by atoms with Crippen molar-refractivity contribution in [1.29, 1.82) is 0 Å². The van der Waals surface area contributed by atoms with Gasteiger partial charge in [-0.3, -0.25) is 4.40 Å². The first-order chi connectivity index (χ1) is 11.2. The molecular formula is C16H12ClN5O. The summed E-state index contributed by atoms with van der Waals surface area (Å²) in [4.78, 5) is 4.63. The van der Waals surface area contributed by atoms with Crippen LogP contribution in [0.25, 0.3) is 16.7 Å². The highest BCUT2D eigenvalue weighted by Crippen LogP contribution is 2.25. The number of rotatable bonds is 3. The predicted molar refractivity (Wildman–Crippen MR) is 89.6 cm³/mol. The van der Waals surface area contributed by atoms with Crippen LogP contribution in [0.2, 0.25) is 5.02 Å². The third-order valence-electron chi connectivity index (χ3n) is 3.54. The van der Waals surface area contributed by atoms with Crippen LogP contribution in [0.15, 0.2) is 48.8 Å². The largest absolute Gasteiger partial charge is 0.497 e. The van der Waals surface area contributed by atoms with Gasteiger partial charge in [0, 0.05) is 10.7 Å². The summed E-state index contributed by atoms with van der Waals surface area (Å²) in [6.45, 7) is 0. The first-order valence-corrected chi connectivity index (χ1v) is 7.32. The lowest BCUT2D eigenvalue weighted by atomic mass is 10.3. The number of ether oxygens (including phenoxy) is 1. The molecule has 2 heterocycles. The molecule has 2 aromatic heterocycles. The second-order valence-electron chi connectivity index (χ2n) is 4.97. The quantitative estimate of drug-likeness (QED) is 0.622. The maximum absolute atomic E-state index is 6.07. The number of nitrogens with one attached hydrogen (secondary N) is 1. The number of aromatic nitrogens is 4. The van der Waals surface area contributed by atoms with Crippen molar-refractivity contribution >= 4 is 39.8 Å². The van der Waals surface area contributed by atoms with Crippen LogP contribution in [-0.2, 0) is 0 Å². The Labute approximate surface area is 136 Å². The van der Waals surface area contributed by atoms with E-state index in [1.807, 2.05) is 46.9 Å². The van der Waals surface area contributed by atoms with Gasteiger partial charge >= 0.3 is 0 Å². The number of hydrogen-bond donors (Lipinski definition) is 1. The Hall–Kier alpha value is -2.86. The fourth-order valence-electron chi connectivity index (χ4n) is 2.42. The molecule has 0 radical (unpaired) electrons. The van der Waals surface area contributed by atoms with Crippen LogP contribution < -0.4 is 10.1 Å². The van der Waals surface area contributed by atoms with E-state index in [0.717, 1.165) is 22.5 Å². The van der Waals surface area contributed by atoms with Crippen molar-refractivity contribution in [3.63, 3.8) is 0 Å². The molecule has 4 aromatic rings. The zero-order valence-corrected chi connectivity index (χ0v) is 12.9. The monoisotopic (exact) mass is 325 g/mol. The summed E-state index contributed by atoms with van der Waals surface area (Å²) in [7, 11) is 1.64. The Morgan fingerprint density at radius 2 is 1.96 bits per heavy atom. The molecule has 6 nitrogen and oxygen atoms in total. The van der Waals surface area contributed by atoms with E-state index >= 15 is 0 Å². The zero-order chi connectivity index (χ0) is 15.8. The first-order valence-electron chi connectivity index (χ1n) is 6.95. The summed E-state index contributed by atoms with van der Waals surface area (Å²) in [6.07, 6.45) is 1.65. The van der Waals surface area contributed by atoms with Gasteiger partial charge in [-0.1, -0.05) is 11.6 Å². The van der Waals surface area contributed by atoms with Gasteiger partial charge in [0.05, 0.1) is 18.1 Å². The molecule has 7 heteroatoms. The van der Waals surface area contributed by atoms with Crippen LogP contribution in [0.3, 0.4) is 0 Å². The number of nitrogens with zero attached hydrogens (tertiary/aromatic N) is 4. The third-order valence-corrected chi connectivity index (χ3v) is 3.78. The number of anilines is 2. The molecule has 0 saturated heterocycles. The molecule has 0 bridgehead atoms. The number of hydrogen-bond acceptors (Lipinski definition) is 5. The van der Waals surface area contributed by atoms with E-state index in [0.29, 0.717) is 16.5 Å². The van der Waals surface area contributed by atoms with Gasteiger partial charge in [0.15, 0.2) is 5.82 Å². The van der Waals surface area contributed by atoms with E-state index in [4.69, 9.17) is 16.3 Å². The van der Waals surface area contributed by atoms with Crippen LogP contribution in [0.4, 0.5) is 11.5 Å². The van der Waals surface area contributed by atoms with Crippen molar-refractivity contribution in [2.75, 3.05) is 12.4 Å². The predicted octanol–water partition coefficient (Wildman–Crippen LogP) is 3.68. The van der Waals surface area contributed by atoms with Crippen LogP contribution in [0.1, 0.15) is 0 Å². The summed E-state index contributed by atoms with van der Waals surface area (Å²) in [6, 6.07) is 13.1. The summed E-state index contributed by atoms with van der Waals surface area (Å²) < 4.78 is 7.02. The van der Waals surface area contributed by atoms with Crippen molar-refractivity contribution < 1.29 is 4.74 Å². The lowest BCUT2D eigenvalue weighted by molar-refractivity contribution is 0.415. The van der Waals surface area contributed by atoms with Gasteiger partial charge in [-0.15, -0.1) is 10.2 Å². The SMILES string of the molecule is COc1ccc(Nc2nc3ccc(Cl)cc3n3cnnc23)cc1. The Bertz CT molecular complexity index is 997. The molecule has 0 fully saturated rings. The van der Waals surface area contributed by atoms with Crippen LogP contribution >= 0.6 is 11.6 Å². The van der Waals surface area contributed by atoms with Gasteiger partial charge in [0.2, 0.25) is 5.65 Å². The normalized spacial score (nSPS) is 11.0. The summed E-state index contributed by atoms with van der Waals surface area (Å²) in [5.74, 6) is 1.42. The fourth-order valence-corrected chi connectivity index (χ4v) is 2.59. The Morgan fingerprint density at radius 1 is 1.13 bits per heavy atom. The molecule has 0 aliphatic carbocycles. The van der Waals surface area contributed by atoms with Crippen molar-refractivity contribution in [3.05, 3.63) is 53.8 Å². The molecule has 0 aliphatic rings. The Morgan fingerprint density at radius 3 is 2.74 bits per heavy atom. The lowest BCUT2D eigenvalue weighted by Crippen LogP contribution is -2.00. The highest BCUT2D eigenvalue weighted by atomic mass is 35.5. The molecule has 0 atom stereocenters. The molecule has 0 unspecified atom stereocenters. The fraction of sp³-hybridized carbons (Fsp3) is 0.0625. The molecule has 4 rings (SSSR count). The zero-order valence-electron chi connectivity index (χ0n) is 12.2. The standard InChI is InChI=1S/C16H12ClN5O/c1-23-12-5-3-11(4-6-12)19-15-16-21-18-9-22(16)14-8-10(17)2-7-13(14)20-15/h2-9H,1H3,(H,19,20). The molecule has 1 N–H and O–H groups in total. The van der Waals surface area contributed by atoms with Gasteiger partial charge in [0.25, 0.3) is 0 Å². The number of methoxy groups -OCH3 is 1. The highest BCUT2D eigenvalue weighted by Gasteiger charge is 2.11. The maximum Gasteiger partial charge on any atom is 0.204 e. The van der Waals surface area contributed by atoms with E-state index in [2.05, 4.69) is 20.5 Å². The number of fused-ring (bicyclic) bond motifs is 3. The van der Waals surface area contributed by atoms with E-state index < -0.39 is 0 Å². The lowest BCUT2D eigenvalue weighted by Gasteiger charge is -2.09. The van der Waals surface area contributed by atoms with Crippen molar-refractivity contribution in [2.45, 2.75) is 0 Å². The third kappa shape index (κ3) is 2.43. The van der Waals surface area contributed by atoms with Crippen LogP contribution in [-0.4, -0.2) is 26.7 Å². The second-order valence-corrected chi connectivity index (χ2v) is 5.41. The number of halogens is 1. The summed E-state index contributed by atoms with van der Waals surface area (Å²) in [5, 5.41) is 12.0.